The Morgan fingerprint density at radius 1 is 1.03 bits per heavy atom. The van der Waals surface area contributed by atoms with Gasteiger partial charge in [-0.2, -0.15) is 4.31 Å². The van der Waals surface area contributed by atoms with Gasteiger partial charge in [0.05, 0.1) is 22.6 Å². The lowest BCUT2D eigenvalue weighted by Crippen LogP contribution is -2.49. The number of ether oxygens (including phenoxy) is 1. The molecular formula is C24H32ClN3O4S. The molecule has 3 rings (SSSR count). The van der Waals surface area contributed by atoms with E-state index in [0.717, 1.165) is 31.8 Å². The Hall–Kier alpha value is -2.13. The Bertz CT molecular complexity index is 1050. The minimum absolute atomic E-state index is 0.0945. The second-order valence-electron chi connectivity index (χ2n) is 7.96. The van der Waals surface area contributed by atoms with Crippen LogP contribution in [0, 0.1) is 0 Å². The van der Waals surface area contributed by atoms with Crippen LogP contribution in [0.25, 0.3) is 0 Å². The van der Waals surface area contributed by atoms with Crippen molar-refractivity contribution >= 4 is 27.5 Å². The Labute approximate surface area is 201 Å². The fraction of sp³-hybridized carbons (Fsp3) is 0.458. The van der Waals surface area contributed by atoms with Crippen LogP contribution in [0.15, 0.2) is 47.4 Å². The number of hydrogen-bond donors (Lipinski definition) is 0. The number of carbonyl (C=O) groups excluding carboxylic acids is 1. The van der Waals surface area contributed by atoms with E-state index >= 15 is 0 Å². The Morgan fingerprint density at radius 3 is 2.24 bits per heavy atom. The molecule has 1 saturated heterocycles. The maximum absolute atomic E-state index is 13.2. The molecule has 0 aromatic heterocycles. The molecule has 0 atom stereocenters. The fourth-order valence-corrected chi connectivity index (χ4v) is 5.65. The number of hydrogen-bond acceptors (Lipinski definition) is 5. The first-order valence-electron chi connectivity index (χ1n) is 11.2. The van der Waals surface area contributed by atoms with E-state index in [1.165, 1.54) is 28.1 Å². The van der Waals surface area contributed by atoms with E-state index < -0.39 is 10.0 Å². The number of piperazine rings is 1. The summed E-state index contributed by atoms with van der Waals surface area (Å²) in [5, 5.41) is 0.264. The highest BCUT2D eigenvalue weighted by Crippen LogP contribution is 2.25. The molecule has 0 aliphatic carbocycles. The van der Waals surface area contributed by atoms with Gasteiger partial charge < -0.3 is 9.64 Å². The fourth-order valence-electron chi connectivity index (χ4n) is 3.97. The van der Waals surface area contributed by atoms with E-state index in [1.807, 2.05) is 12.1 Å². The third kappa shape index (κ3) is 6.06. The van der Waals surface area contributed by atoms with Crippen LogP contribution in [0.3, 0.4) is 0 Å². The first kappa shape index (κ1) is 25.5. The van der Waals surface area contributed by atoms with Crippen molar-refractivity contribution in [2.75, 3.05) is 52.9 Å². The van der Waals surface area contributed by atoms with E-state index in [1.54, 1.807) is 25.9 Å². The van der Waals surface area contributed by atoms with Crippen LogP contribution >= 0.6 is 11.6 Å². The van der Waals surface area contributed by atoms with Crippen molar-refractivity contribution in [3.05, 3.63) is 58.6 Å². The molecule has 1 aliphatic heterocycles. The van der Waals surface area contributed by atoms with E-state index in [9.17, 15) is 13.2 Å². The summed E-state index contributed by atoms with van der Waals surface area (Å²) in [6, 6.07) is 12.4. The number of amides is 1. The predicted molar refractivity (Wildman–Crippen MR) is 131 cm³/mol. The minimum Gasteiger partial charge on any atom is -0.497 e. The number of sulfonamides is 1. The number of rotatable bonds is 9. The summed E-state index contributed by atoms with van der Waals surface area (Å²) in [4.78, 5) is 17.3. The largest absolute Gasteiger partial charge is 0.497 e. The smallest absolute Gasteiger partial charge is 0.255 e. The van der Waals surface area contributed by atoms with E-state index in [-0.39, 0.29) is 21.4 Å². The van der Waals surface area contributed by atoms with E-state index in [2.05, 4.69) is 17.0 Å². The zero-order chi connectivity index (χ0) is 24.0. The van der Waals surface area contributed by atoms with E-state index in [4.69, 9.17) is 16.3 Å². The zero-order valence-corrected chi connectivity index (χ0v) is 21.0. The number of nitrogens with zero attached hydrogens (tertiary/aromatic N) is 3. The molecule has 1 heterocycles. The third-order valence-electron chi connectivity index (χ3n) is 6.05. The maximum atomic E-state index is 13.2. The summed E-state index contributed by atoms with van der Waals surface area (Å²) in [6.45, 7) is 7.89. The average molecular weight is 494 g/mol. The lowest BCUT2D eigenvalue weighted by molar-refractivity contribution is 0.0638. The second kappa shape index (κ2) is 11.3. The van der Waals surface area contributed by atoms with Gasteiger partial charge in [0.2, 0.25) is 10.0 Å². The van der Waals surface area contributed by atoms with Crippen molar-refractivity contribution in [1.29, 1.82) is 0 Å². The molecule has 2 aromatic rings. The summed E-state index contributed by atoms with van der Waals surface area (Å²) in [6.07, 6.45) is 0.926. The second-order valence-corrected chi connectivity index (χ2v) is 10.3. The molecule has 1 amide bonds. The lowest BCUT2D eigenvalue weighted by atomic mass is 10.1. The number of carbonyl (C=O) groups is 1. The molecule has 1 aliphatic rings. The molecule has 0 unspecified atom stereocenters. The predicted octanol–water partition coefficient (Wildman–Crippen LogP) is 3.38. The van der Waals surface area contributed by atoms with Gasteiger partial charge in [-0.05, 0) is 42.3 Å². The van der Waals surface area contributed by atoms with Crippen LogP contribution < -0.4 is 4.74 Å². The van der Waals surface area contributed by atoms with Crippen LogP contribution in [0.1, 0.15) is 29.8 Å². The van der Waals surface area contributed by atoms with Gasteiger partial charge in [0.15, 0.2) is 0 Å². The van der Waals surface area contributed by atoms with Crippen LogP contribution in [0.4, 0.5) is 0 Å². The molecule has 7 nitrogen and oxygen atoms in total. The van der Waals surface area contributed by atoms with Crippen molar-refractivity contribution in [3.63, 3.8) is 0 Å². The van der Waals surface area contributed by atoms with Gasteiger partial charge in [-0.1, -0.05) is 37.6 Å². The summed E-state index contributed by atoms with van der Waals surface area (Å²) in [5.74, 6) is 0.616. The molecule has 1 fully saturated rings. The monoisotopic (exact) mass is 493 g/mol. The van der Waals surface area contributed by atoms with Gasteiger partial charge in [0.1, 0.15) is 5.75 Å². The van der Waals surface area contributed by atoms with Crippen molar-refractivity contribution < 1.29 is 17.9 Å². The molecule has 9 heteroatoms. The van der Waals surface area contributed by atoms with Gasteiger partial charge >= 0.3 is 0 Å². The molecule has 0 bridgehead atoms. The summed E-state index contributed by atoms with van der Waals surface area (Å²) in [7, 11) is -2.01. The van der Waals surface area contributed by atoms with Crippen LogP contribution in [0.2, 0.25) is 5.02 Å². The summed E-state index contributed by atoms with van der Waals surface area (Å²) in [5.41, 5.74) is 1.48. The molecule has 0 N–H and O–H groups in total. The number of halogens is 1. The maximum Gasteiger partial charge on any atom is 0.255 e. The van der Waals surface area contributed by atoms with Gasteiger partial charge in [0.25, 0.3) is 5.91 Å². The Morgan fingerprint density at radius 2 is 1.67 bits per heavy atom. The lowest BCUT2D eigenvalue weighted by Gasteiger charge is -2.35. The topological polar surface area (TPSA) is 70.2 Å². The summed E-state index contributed by atoms with van der Waals surface area (Å²) >= 11 is 6.30. The molecule has 0 spiro atoms. The SMILES string of the molecule is CCN(CC)S(=O)(=O)c1ccc(Cl)c(C(=O)N2CCN(CCc3ccc(OC)cc3)CC2)c1. The van der Waals surface area contributed by atoms with Crippen molar-refractivity contribution in [1.82, 2.24) is 14.1 Å². The van der Waals surface area contributed by atoms with Crippen molar-refractivity contribution in [3.8, 4) is 5.75 Å². The molecule has 33 heavy (non-hydrogen) atoms. The van der Waals surface area contributed by atoms with Crippen LogP contribution in [0.5, 0.6) is 5.75 Å². The minimum atomic E-state index is -3.66. The standard InChI is InChI=1S/C24H32ClN3O4S/c1-4-28(5-2)33(30,31)21-10-11-23(25)22(18-21)24(29)27-16-14-26(15-17-27)13-12-19-6-8-20(32-3)9-7-19/h6-11,18H,4-5,12-17H2,1-3H3. The normalized spacial score (nSPS) is 15.1. The van der Waals surface area contributed by atoms with Crippen LogP contribution in [-0.2, 0) is 16.4 Å². The van der Waals surface area contributed by atoms with Crippen molar-refractivity contribution in [2.45, 2.75) is 25.2 Å². The van der Waals surface area contributed by atoms with E-state index in [0.29, 0.717) is 26.2 Å². The first-order valence-corrected chi connectivity index (χ1v) is 13.1. The molecule has 2 aromatic carbocycles. The Balaban J connectivity index is 1.62. The van der Waals surface area contributed by atoms with Gasteiger partial charge in [-0.15, -0.1) is 0 Å². The Kier molecular flexibility index (Phi) is 8.75. The van der Waals surface area contributed by atoms with Gasteiger partial charge in [0, 0.05) is 45.8 Å². The van der Waals surface area contributed by atoms with Crippen LogP contribution in [-0.4, -0.2) is 81.4 Å². The molecule has 0 radical (unpaired) electrons. The zero-order valence-electron chi connectivity index (χ0n) is 19.5. The quantitative estimate of drug-likeness (QED) is 0.535. The molecule has 0 saturated carbocycles. The van der Waals surface area contributed by atoms with Crippen molar-refractivity contribution in [2.24, 2.45) is 0 Å². The molecular weight excluding hydrogens is 462 g/mol. The van der Waals surface area contributed by atoms with Gasteiger partial charge in [-0.25, -0.2) is 8.42 Å². The highest BCUT2D eigenvalue weighted by atomic mass is 35.5. The molecule has 180 valence electrons. The number of methoxy groups -OCH3 is 1. The number of benzene rings is 2. The van der Waals surface area contributed by atoms with Gasteiger partial charge in [-0.3, -0.25) is 9.69 Å². The summed E-state index contributed by atoms with van der Waals surface area (Å²) < 4.78 is 32.3. The average Bonchev–Trinajstić information content (AvgIpc) is 2.83. The third-order valence-corrected chi connectivity index (χ3v) is 8.42. The highest BCUT2D eigenvalue weighted by Gasteiger charge is 2.27. The highest BCUT2D eigenvalue weighted by molar-refractivity contribution is 7.89. The first-order chi connectivity index (χ1) is 15.8.